The van der Waals surface area contributed by atoms with Gasteiger partial charge in [0.25, 0.3) is 10.0 Å². The Kier molecular flexibility index (Phi) is 5.02. The van der Waals surface area contributed by atoms with Crippen LogP contribution in [0.1, 0.15) is 18.2 Å². The molecule has 0 saturated carbocycles. The minimum atomic E-state index is -3.96. The lowest BCUT2D eigenvalue weighted by Crippen LogP contribution is -2.14. The zero-order valence-electron chi connectivity index (χ0n) is 13.0. The van der Waals surface area contributed by atoms with E-state index >= 15 is 0 Å². The molecule has 24 heavy (non-hydrogen) atoms. The summed E-state index contributed by atoms with van der Waals surface area (Å²) in [6.07, 6.45) is 4.48. The van der Waals surface area contributed by atoms with Gasteiger partial charge in [-0.3, -0.25) is 9.71 Å². The van der Waals surface area contributed by atoms with Crippen LogP contribution in [0, 0.1) is 11.3 Å². The van der Waals surface area contributed by atoms with Crippen LogP contribution in [0.3, 0.4) is 0 Å². The smallest absolute Gasteiger partial charge is 0.265 e. The van der Waals surface area contributed by atoms with Crippen LogP contribution in [0.25, 0.3) is 12.2 Å². The lowest BCUT2D eigenvalue weighted by atomic mass is 10.2. The summed E-state index contributed by atoms with van der Waals surface area (Å²) in [5.41, 5.74) is 1.71. The van der Waals surface area contributed by atoms with Crippen molar-refractivity contribution in [2.24, 2.45) is 0 Å². The van der Waals surface area contributed by atoms with Gasteiger partial charge in [0.2, 0.25) is 0 Å². The third-order valence-corrected chi connectivity index (χ3v) is 4.60. The van der Waals surface area contributed by atoms with Crippen molar-refractivity contribution < 1.29 is 14.6 Å². The Hall–Kier alpha value is -3.11. The Morgan fingerprint density at radius 1 is 1.33 bits per heavy atom. The molecule has 2 aromatic rings. The number of aromatic nitrogens is 1. The average molecular weight is 343 g/mol. The fourth-order valence-corrected chi connectivity index (χ4v) is 3.28. The Bertz CT molecular complexity index is 950. The van der Waals surface area contributed by atoms with E-state index in [1.807, 2.05) is 6.07 Å². The minimum absolute atomic E-state index is 0. The standard InChI is InChI=1S/C17H15N3O3S.H2/c1-4-13-9-14(11-19-15(13)5-2)20-24(21,22)17-8-12(10-18)6-7-16(17)23-3;/h4-9,11,20H,1-2H2,3H3;1H. The van der Waals surface area contributed by atoms with E-state index in [1.54, 1.807) is 18.2 Å². The van der Waals surface area contributed by atoms with Gasteiger partial charge in [-0.15, -0.1) is 0 Å². The van der Waals surface area contributed by atoms with Crippen LogP contribution in [0.4, 0.5) is 5.69 Å². The largest absolute Gasteiger partial charge is 0.495 e. The van der Waals surface area contributed by atoms with Gasteiger partial charge in [-0.05, 0) is 30.3 Å². The summed E-state index contributed by atoms with van der Waals surface area (Å²) in [7, 11) is -2.60. The van der Waals surface area contributed by atoms with Crippen molar-refractivity contribution in [3.63, 3.8) is 0 Å². The fraction of sp³-hybridized carbons (Fsp3) is 0.0588. The molecule has 0 aliphatic rings. The van der Waals surface area contributed by atoms with Gasteiger partial charge in [-0.2, -0.15) is 5.26 Å². The van der Waals surface area contributed by atoms with Gasteiger partial charge in [0.1, 0.15) is 10.6 Å². The third kappa shape index (κ3) is 3.45. The molecule has 1 heterocycles. The number of nitriles is 1. The number of nitrogens with one attached hydrogen (secondary N) is 1. The number of hydrogen-bond acceptors (Lipinski definition) is 5. The second-order valence-corrected chi connectivity index (χ2v) is 6.34. The maximum absolute atomic E-state index is 12.6. The van der Waals surface area contributed by atoms with Crippen molar-refractivity contribution >= 4 is 27.9 Å². The Balaban J connectivity index is 0.00000312. The van der Waals surface area contributed by atoms with Crippen molar-refractivity contribution in [2.75, 3.05) is 11.8 Å². The molecule has 7 heteroatoms. The van der Waals surface area contributed by atoms with E-state index in [0.717, 1.165) is 0 Å². The SMILES string of the molecule is C=Cc1cc(NS(=O)(=O)c2cc(C#N)ccc2OC)cnc1C=C.[HH]. The molecule has 0 aliphatic heterocycles. The van der Waals surface area contributed by atoms with Crippen molar-refractivity contribution in [3.05, 3.63) is 60.4 Å². The lowest BCUT2D eigenvalue weighted by molar-refractivity contribution is 0.403. The molecule has 0 bridgehead atoms. The Morgan fingerprint density at radius 2 is 2.08 bits per heavy atom. The van der Waals surface area contributed by atoms with E-state index in [1.165, 1.54) is 31.5 Å². The number of benzene rings is 1. The second-order valence-electron chi connectivity index (χ2n) is 4.69. The highest BCUT2D eigenvalue weighted by Gasteiger charge is 2.21. The summed E-state index contributed by atoms with van der Waals surface area (Å²) >= 11 is 0. The molecule has 0 fully saturated rings. The maximum Gasteiger partial charge on any atom is 0.265 e. The highest BCUT2D eigenvalue weighted by atomic mass is 32.2. The molecule has 1 aromatic heterocycles. The molecule has 0 unspecified atom stereocenters. The zero-order valence-corrected chi connectivity index (χ0v) is 13.8. The van der Waals surface area contributed by atoms with E-state index in [4.69, 9.17) is 10.00 Å². The minimum Gasteiger partial charge on any atom is -0.495 e. The van der Waals surface area contributed by atoms with Crippen LogP contribution in [-0.2, 0) is 10.0 Å². The quantitative estimate of drug-likeness (QED) is 0.869. The molecule has 0 spiro atoms. The van der Waals surface area contributed by atoms with E-state index in [2.05, 4.69) is 22.9 Å². The third-order valence-electron chi connectivity index (χ3n) is 3.20. The van der Waals surface area contributed by atoms with E-state index in [9.17, 15) is 8.42 Å². The predicted octanol–water partition coefficient (Wildman–Crippen LogP) is 3.29. The van der Waals surface area contributed by atoms with Crippen LogP contribution in [0.15, 0.2) is 48.5 Å². The number of rotatable bonds is 6. The summed E-state index contributed by atoms with van der Waals surface area (Å²) in [5, 5.41) is 8.97. The zero-order chi connectivity index (χ0) is 17.7. The van der Waals surface area contributed by atoms with Crippen LogP contribution < -0.4 is 9.46 Å². The van der Waals surface area contributed by atoms with Gasteiger partial charge in [0, 0.05) is 6.99 Å². The van der Waals surface area contributed by atoms with Crippen LogP contribution in [0.2, 0.25) is 0 Å². The molecule has 1 aromatic carbocycles. The first-order chi connectivity index (χ1) is 11.4. The second kappa shape index (κ2) is 6.98. The maximum atomic E-state index is 12.6. The molecule has 2 rings (SSSR count). The van der Waals surface area contributed by atoms with Crippen molar-refractivity contribution in [2.45, 2.75) is 4.90 Å². The van der Waals surface area contributed by atoms with Gasteiger partial charge in [0.05, 0.1) is 36.3 Å². The van der Waals surface area contributed by atoms with E-state index < -0.39 is 10.0 Å². The Morgan fingerprint density at radius 3 is 2.67 bits per heavy atom. The topological polar surface area (TPSA) is 92.1 Å². The molecule has 124 valence electrons. The number of methoxy groups -OCH3 is 1. The number of anilines is 1. The van der Waals surface area contributed by atoms with E-state index in [-0.39, 0.29) is 23.3 Å². The van der Waals surface area contributed by atoms with Crippen molar-refractivity contribution in [1.29, 1.82) is 5.26 Å². The summed E-state index contributed by atoms with van der Waals surface area (Å²) in [6.45, 7) is 7.30. The van der Waals surface area contributed by atoms with Gasteiger partial charge < -0.3 is 4.74 Å². The average Bonchev–Trinajstić information content (AvgIpc) is 2.60. The summed E-state index contributed by atoms with van der Waals surface area (Å²) in [6, 6.07) is 7.66. The number of pyridine rings is 1. The number of sulfonamides is 1. The highest BCUT2D eigenvalue weighted by Crippen LogP contribution is 2.27. The normalized spacial score (nSPS) is 10.5. The molecule has 0 atom stereocenters. The molecule has 0 radical (unpaired) electrons. The van der Waals surface area contributed by atoms with Gasteiger partial charge >= 0.3 is 0 Å². The molecular weight excluding hydrogens is 326 g/mol. The fourth-order valence-electron chi connectivity index (χ4n) is 2.05. The van der Waals surface area contributed by atoms with Gasteiger partial charge in [0.15, 0.2) is 0 Å². The molecule has 6 nitrogen and oxygen atoms in total. The van der Waals surface area contributed by atoms with Crippen LogP contribution in [0.5, 0.6) is 5.75 Å². The molecule has 0 saturated heterocycles. The summed E-state index contributed by atoms with van der Waals surface area (Å²) in [4.78, 5) is 3.99. The lowest BCUT2D eigenvalue weighted by Gasteiger charge is -2.12. The Labute approximate surface area is 142 Å². The molecule has 0 amide bonds. The van der Waals surface area contributed by atoms with Crippen molar-refractivity contribution in [1.82, 2.24) is 4.98 Å². The predicted molar refractivity (Wildman–Crippen MR) is 95.1 cm³/mol. The van der Waals surface area contributed by atoms with Crippen LogP contribution >= 0.6 is 0 Å². The van der Waals surface area contributed by atoms with Gasteiger partial charge in [-0.1, -0.05) is 19.2 Å². The van der Waals surface area contributed by atoms with Crippen LogP contribution in [-0.4, -0.2) is 20.5 Å². The number of nitrogens with zero attached hydrogens (tertiary/aromatic N) is 2. The first kappa shape index (κ1) is 17.2. The van der Waals surface area contributed by atoms with E-state index in [0.29, 0.717) is 11.3 Å². The molecule has 1 N–H and O–H groups in total. The molecular formula is C17H17N3O3S. The van der Waals surface area contributed by atoms with Crippen molar-refractivity contribution in [3.8, 4) is 11.8 Å². The molecule has 0 aliphatic carbocycles. The first-order valence-electron chi connectivity index (χ1n) is 6.81. The highest BCUT2D eigenvalue weighted by molar-refractivity contribution is 7.92. The van der Waals surface area contributed by atoms with Gasteiger partial charge in [-0.25, -0.2) is 8.42 Å². The first-order valence-corrected chi connectivity index (χ1v) is 8.29. The summed E-state index contributed by atoms with van der Waals surface area (Å²) in [5.74, 6) is 0.140. The summed E-state index contributed by atoms with van der Waals surface area (Å²) < 4.78 is 32.8. The number of ether oxygens (including phenoxy) is 1. The number of hydrogen-bond donors (Lipinski definition) is 1. The monoisotopic (exact) mass is 343 g/mol.